The molecule has 9 nitrogen and oxygen atoms in total. The number of fused-ring (bicyclic) bond motifs is 1. The van der Waals surface area contributed by atoms with Crippen LogP contribution in [0.1, 0.15) is 12.0 Å². The van der Waals surface area contributed by atoms with E-state index in [1.807, 2.05) is 18.2 Å². The van der Waals surface area contributed by atoms with Crippen LogP contribution in [0.2, 0.25) is 0 Å². The molecule has 0 radical (unpaired) electrons. The summed E-state index contributed by atoms with van der Waals surface area (Å²) >= 11 is 0. The van der Waals surface area contributed by atoms with Crippen LogP contribution >= 0.6 is 0 Å². The summed E-state index contributed by atoms with van der Waals surface area (Å²) < 4.78 is 10.0. The fourth-order valence-electron chi connectivity index (χ4n) is 3.75. The van der Waals surface area contributed by atoms with Crippen LogP contribution in [0.4, 0.5) is 11.6 Å². The molecule has 1 atom stereocenters. The summed E-state index contributed by atoms with van der Waals surface area (Å²) in [6.07, 6.45) is 1.17. The third-order valence-corrected chi connectivity index (χ3v) is 5.27. The van der Waals surface area contributed by atoms with Crippen molar-refractivity contribution in [1.82, 2.24) is 25.2 Å². The number of nitrogens with one attached hydrogen (secondary N) is 1. The molecule has 1 fully saturated rings. The Kier molecular flexibility index (Phi) is 6.16. The first kappa shape index (κ1) is 19.5. The number of hydrogen-bond acceptors (Lipinski definition) is 9. The van der Waals surface area contributed by atoms with Gasteiger partial charge < -0.3 is 19.9 Å². The summed E-state index contributed by atoms with van der Waals surface area (Å²) in [5.74, 6) is 2.03. The molecule has 1 aliphatic heterocycles. The van der Waals surface area contributed by atoms with Gasteiger partial charge in [-0.15, -0.1) is 0 Å². The predicted octanol–water partition coefficient (Wildman–Crippen LogP) is 2.03. The maximum Gasteiger partial charge on any atom is 0.245 e. The summed E-state index contributed by atoms with van der Waals surface area (Å²) in [6.45, 7) is 5.49. The van der Waals surface area contributed by atoms with Crippen LogP contribution < -0.4 is 10.2 Å². The lowest BCUT2D eigenvalue weighted by Crippen LogP contribution is -2.30. The first-order valence-corrected chi connectivity index (χ1v) is 9.93. The topological polar surface area (TPSA) is 92.4 Å². The summed E-state index contributed by atoms with van der Waals surface area (Å²) in [7, 11) is 3.80. The van der Waals surface area contributed by atoms with E-state index in [1.165, 1.54) is 12.0 Å². The highest BCUT2D eigenvalue weighted by Gasteiger charge is 2.25. The summed E-state index contributed by atoms with van der Waals surface area (Å²) in [5.41, 5.74) is 2.00. The van der Waals surface area contributed by atoms with Gasteiger partial charge in [0, 0.05) is 40.3 Å². The lowest BCUT2D eigenvalue weighted by atomic mass is 10.1. The molecule has 0 saturated carbocycles. The van der Waals surface area contributed by atoms with Gasteiger partial charge in [-0.1, -0.05) is 30.3 Å². The van der Waals surface area contributed by atoms with E-state index in [9.17, 15) is 0 Å². The second-order valence-corrected chi connectivity index (χ2v) is 7.48. The van der Waals surface area contributed by atoms with Gasteiger partial charge in [-0.25, -0.2) is 14.6 Å². The van der Waals surface area contributed by atoms with Gasteiger partial charge in [-0.05, 0) is 34.8 Å². The fourth-order valence-corrected chi connectivity index (χ4v) is 3.75. The van der Waals surface area contributed by atoms with Crippen molar-refractivity contribution in [3.8, 4) is 0 Å². The molecule has 4 rings (SSSR count). The van der Waals surface area contributed by atoms with Gasteiger partial charge in [0.25, 0.3) is 0 Å². The second-order valence-electron chi connectivity index (χ2n) is 7.48. The van der Waals surface area contributed by atoms with Crippen molar-refractivity contribution < 1.29 is 9.37 Å². The zero-order valence-electron chi connectivity index (χ0n) is 16.9. The molecule has 0 spiro atoms. The molecule has 1 unspecified atom stereocenters. The Balaban J connectivity index is 1.47. The first-order valence-electron chi connectivity index (χ1n) is 9.93. The molecule has 154 valence electrons. The van der Waals surface area contributed by atoms with E-state index in [-0.39, 0.29) is 0 Å². The fraction of sp³-hybridized carbons (Fsp3) is 0.500. The van der Waals surface area contributed by atoms with Crippen LogP contribution in [0.3, 0.4) is 0 Å². The lowest BCUT2D eigenvalue weighted by Gasteiger charge is -2.24. The molecular weight excluding hydrogens is 370 g/mol. The Morgan fingerprint density at radius 2 is 2.00 bits per heavy atom. The summed E-state index contributed by atoms with van der Waals surface area (Å²) in [5, 5.41) is 11.1. The van der Waals surface area contributed by atoms with Crippen molar-refractivity contribution in [2.45, 2.75) is 13.0 Å². The number of ether oxygens (including phenoxy) is 1. The second kappa shape index (κ2) is 9.15. The Morgan fingerprint density at radius 3 is 2.79 bits per heavy atom. The van der Waals surface area contributed by atoms with E-state index in [2.05, 4.69) is 54.6 Å². The van der Waals surface area contributed by atoms with Gasteiger partial charge in [0.1, 0.15) is 0 Å². The van der Waals surface area contributed by atoms with Gasteiger partial charge in [0.05, 0.1) is 6.61 Å². The highest BCUT2D eigenvalue weighted by atomic mass is 16.6. The van der Waals surface area contributed by atoms with Gasteiger partial charge in [-0.2, -0.15) is 0 Å². The minimum absolute atomic E-state index is 0.407. The highest BCUT2D eigenvalue weighted by molar-refractivity contribution is 5.73. The molecule has 1 saturated heterocycles. The molecule has 2 aromatic heterocycles. The number of anilines is 2. The quantitative estimate of drug-likeness (QED) is 0.582. The van der Waals surface area contributed by atoms with Crippen molar-refractivity contribution in [3.63, 3.8) is 0 Å². The van der Waals surface area contributed by atoms with Crippen LogP contribution in [0.5, 0.6) is 0 Å². The average molecular weight is 397 g/mol. The molecular formula is C20H27N7O2. The molecule has 0 bridgehead atoms. The molecule has 29 heavy (non-hydrogen) atoms. The molecule has 3 aromatic rings. The number of aromatic nitrogens is 4. The van der Waals surface area contributed by atoms with Crippen molar-refractivity contribution in [1.29, 1.82) is 0 Å². The lowest BCUT2D eigenvalue weighted by molar-refractivity contribution is 0.159. The number of nitrogens with zero attached hydrogens (tertiary/aromatic N) is 6. The minimum atomic E-state index is 0.407. The summed E-state index contributed by atoms with van der Waals surface area (Å²) in [6, 6.07) is 10.2. The number of benzene rings is 1. The first-order chi connectivity index (χ1) is 14.2. The maximum absolute atomic E-state index is 5.20. The van der Waals surface area contributed by atoms with Crippen LogP contribution in [0, 0.1) is 5.92 Å². The number of likely N-dealkylation sites (tertiary alicyclic amines) is 1. The van der Waals surface area contributed by atoms with Gasteiger partial charge in [0.15, 0.2) is 11.6 Å². The third-order valence-electron chi connectivity index (χ3n) is 5.27. The van der Waals surface area contributed by atoms with E-state index < -0.39 is 0 Å². The monoisotopic (exact) mass is 397 g/mol. The van der Waals surface area contributed by atoms with Crippen molar-refractivity contribution >= 4 is 22.9 Å². The zero-order valence-corrected chi connectivity index (χ0v) is 16.9. The Labute approximate surface area is 170 Å². The number of rotatable bonds is 9. The van der Waals surface area contributed by atoms with Crippen LogP contribution in [0.25, 0.3) is 11.3 Å². The average Bonchev–Trinajstić information content (AvgIpc) is 3.39. The van der Waals surface area contributed by atoms with E-state index in [1.54, 1.807) is 7.11 Å². The van der Waals surface area contributed by atoms with Gasteiger partial charge >= 0.3 is 0 Å². The molecule has 0 aliphatic carbocycles. The van der Waals surface area contributed by atoms with E-state index in [0.717, 1.165) is 38.6 Å². The molecule has 1 N–H and O–H groups in total. The normalized spacial score (nSPS) is 17.1. The van der Waals surface area contributed by atoms with Crippen molar-refractivity contribution in [2.75, 3.05) is 57.2 Å². The molecule has 1 aliphatic rings. The van der Waals surface area contributed by atoms with Crippen molar-refractivity contribution in [3.05, 3.63) is 35.9 Å². The van der Waals surface area contributed by atoms with Crippen LogP contribution in [-0.4, -0.2) is 72.1 Å². The molecule has 0 amide bonds. The standard InChI is InChI=1S/C20H27N7O2/c1-26(13-16-8-9-27(14-16)10-11-28-2)20-19(21-12-15-6-4-3-5-7-15)22-17-18(23-20)25-29-24-17/h3-7,16H,8-14H2,1-2H3,(H,21,22,24). The zero-order chi connectivity index (χ0) is 20.1. The van der Waals surface area contributed by atoms with Crippen molar-refractivity contribution in [2.24, 2.45) is 5.92 Å². The van der Waals surface area contributed by atoms with E-state index >= 15 is 0 Å². The SMILES string of the molecule is COCCN1CCC(CN(C)c2nc3nonc3nc2NCc2ccccc2)C1. The largest absolute Gasteiger partial charge is 0.383 e. The molecule has 9 heteroatoms. The number of methoxy groups -OCH3 is 1. The Hall–Kier alpha value is -2.78. The molecule has 1 aromatic carbocycles. The third kappa shape index (κ3) is 4.80. The van der Waals surface area contributed by atoms with Crippen LogP contribution in [0.15, 0.2) is 35.0 Å². The minimum Gasteiger partial charge on any atom is -0.383 e. The predicted molar refractivity (Wildman–Crippen MR) is 111 cm³/mol. The Morgan fingerprint density at radius 1 is 1.21 bits per heavy atom. The van der Waals surface area contributed by atoms with E-state index in [0.29, 0.717) is 29.6 Å². The Bertz CT molecular complexity index is 918. The van der Waals surface area contributed by atoms with E-state index in [4.69, 9.17) is 9.37 Å². The smallest absolute Gasteiger partial charge is 0.245 e. The van der Waals surface area contributed by atoms with Gasteiger partial charge in [-0.3, -0.25) is 0 Å². The number of hydrogen-bond donors (Lipinski definition) is 1. The van der Waals surface area contributed by atoms with Crippen LogP contribution in [-0.2, 0) is 11.3 Å². The van der Waals surface area contributed by atoms with Gasteiger partial charge in [0.2, 0.25) is 11.3 Å². The maximum atomic E-state index is 5.20. The molecule has 3 heterocycles. The highest BCUT2D eigenvalue weighted by Crippen LogP contribution is 2.26. The summed E-state index contributed by atoms with van der Waals surface area (Å²) in [4.78, 5) is 13.9.